The molecule has 0 radical (unpaired) electrons. The van der Waals surface area contributed by atoms with Crippen LogP contribution in [-0.4, -0.2) is 25.9 Å². The Bertz CT molecular complexity index is 361. The molecule has 0 saturated carbocycles. The van der Waals surface area contributed by atoms with Crippen molar-refractivity contribution in [2.75, 3.05) is 19.8 Å². The van der Waals surface area contributed by atoms with Gasteiger partial charge in [-0.25, -0.2) is 0 Å². The van der Waals surface area contributed by atoms with E-state index in [-0.39, 0.29) is 6.10 Å². The monoisotopic (exact) mass is 249 g/mol. The number of nitrogens with one attached hydrogen (secondary N) is 1. The number of para-hydroxylation sites is 1. The molecule has 1 saturated heterocycles. The SMILES string of the molecule is CCNC(C)c1ccccc1OC1CCCOC1. The van der Waals surface area contributed by atoms with Crippen molar-refractivity contribution in [2.24, 2.45) is 0 Å². The van der Waals surface area contributed by atoms with Crippen LogP contribution < -0.4 is 10.1 Å². The summed E-state index contributed by atoms with van der Waals surface area (Å²) in [6.45, 7) is 6.83. The largest absolute Gasteiger partial charge is 0.488 e. The van der Waals surface area contributed by atoms with E-state index in [1.165, 1.54) is 5.56 Å². The molecular formula is C15H23NO2. The normalized spacial score (nSPS) is 21.6. The van der Waals surface area contributed by atoms with Crippen molar-refractivity contribution >= 4 is 0 Å². The van der Waals surface area contributed by atoms with Crippen LogP contribution in [0, 0.1) is 0 Å². The average Bonchev–Trinajstić information content (AvgIpc) is 2.41. The second-order valence-corrected chi connectivity index (χ2v) is 4.77. The molecule has 3 nitrogen and oxygen atoms in total. The predicted molar refractivity (Wildman–Crippen MR) is 73.0 cm³/mol. The van der Waals surface area contributed by atoms with Gasteiger partial charge in [-0.3, -0.25) is 0 Å². The second-order valence-electron chi connectivity index (χ2n) is 4.77. The lowest BCUT2D eigenvalue weighted by Crippen LogP contribution is -2.29. The molecule has 1 aliphatic rings. The number of ether oxygens (including phenoxy) is 2. The van der Waals surface area contributed by atoms with Gasteiger partial charge in [0, 0.05) is 18.2 Å². The highest BCUT2D eigenvalue weighted by Gasteiger charge is 2.18. The summed E-state index contributed by atoms with van der Waals surface area (Å²) in [5.41, 5.74) is 1.23. The maximum Gasteiger partial charge on any atom is 0.124 e. The van der Waals surface area contributed by atoms with Crippen molar-refractivity contribution in [1.82, 2.24) is 5.32 Å². The van der Waals surface area contributed by atoms with E-state index in [1.54, 1.807) is 0 Å². The highest BCUT2D eigenvalue weighted by molar-refractivity contribution is 5.35. The van der Waals surface area contributed by atoms with Crippen LogP contribution in [0.25, 0.3) is 0 Å². The van der Waals surface area contributed by atoms with Gasteiger partial charge in [-0.1, -0.05) is 25.1 Å². The fourth-order valence-electron chi connectivity index (χ4n) is 2.35. The van der Waals surface area contributed by atoms with Crippen LogP contribution in [0.2, 0.25) is 0 Å². The van der Waals surface area contributed by atoms with Gasteiger partial charge in [-0.2, -0.15) is 0 Å². The molecule has 1 aromatic rings. The minimum atomic E-state index is 0.203. The van der Waals surface area contributed by atoms with E-state index in [2.05, 4.69) is 37.4 Å². The molecule has 2 rings (SSSR count). The minimum absolute atomic E-state index is 0.203. The summed E-state index contributed by atoms with van der Waals surface area (Å²) in [6.07, 6.45) is 2.38. The summed E-state index contributed by atoms with van der Waals surface area (Å²) < 4.78 is 11.6. The zero-order valence-electron chi connectivity index (χ0n) is 11.3. The molecule has 2 atom stereocenters. The van der Waals surface area contributed by atoms with Gasteiger partial charge in [0.25, 0.3) is 0 Å². The maximum atomic E-state index is 6.09. The maximum absolute atomic E-state index is 6.09. The standard InChI is InChI=1S/C15H23NO2/c1-3-16-12(2)14-8-4-5-9-15(14)18-13-7-6-10-17-11-13/h4-5,8-9,12-13,16H,3,6-7,10-11H2,1-2H3. The summed E-state index contributed by atoms with van der Waals surface area (Å²) >= 11 is 0. The first-order valence-electron chi connectivity index (χ1n) is 6.88. The molecular weight excluding hydrogens is 226 g/mol. The van der Waals surface area contributed by atoms with Crippen molar-refractivity contribution in [3.8, 4) is 5.75 Å². The van der Waals surface area contributed by atoms with E-state index < -0.39 is 0 Å². The third-order valence-corrected chi connectivity index (χ3v) is 3.31. The number of hydrogen-bond donors (Lipinski definition) is 1. The van der Waals surface area contributed by atoms with Crippen molar-refractivity contribution in [3.63, 3.8) is 0 Å². The molecule has 1 aliphatic heterocycles. The van der Waals surface area contributed by atoms with E-state index >= 15 is 0 Å². The summed E-state index contributed by atoms with van der Waals surface area (Å²) in [5.74, 6) is 0.987. The molecule has 3 heteroatoms. The Hall–Kier alpha value is -1.06. The number of benzene rings is 1. The first kappa shape index (κ1) is 13.4. The molecule has 1 fully saturated rings. The van der Waals surface area contributed by atoms with E-state index in [4.69, 9.17) is 9.47 Å². The highest BCUT2D eigenvalue weighted by atomic mass is 16.5. The lowest BCUT2D eigenvalue weighted by molar-refractivity contribution is 0.00687. The van der Waals surface area contributed by atoms with Crippen molar-refractivity contribution < 1.29 is 9.47 Å². The Labute approximate surface area is 109 Å². The zero-order chi connectivity index (χ0) is 12.8. The summed E-state index contributed by atoms with van der Waals surface area (Å²) in [6, 6.07) is 8.59. The molecule has 1 aromatic carbocycles. The molecule has 1 N–H and O–H groups in total. The minimum Gasteiger partial charge on any atom is -0.488 e. The van der Waals surface area contributed by atoms with Crippen molar-refractivity contribution in [1.29, 1.82) is 0 Å². The highest BCUT2D eigenvalue weighted by Crippen LogP contribution is 2.27. The van der Waals surface area contributed by atoms with E-state index in [1.807, 2.05) is 6.07 Å². The molecule has 18 heavy (non-hydrogen) atoms. The molecule has 0 amide bonds. The van der Waals surface area contributed by atoms with Gasteiger partial charge in [0.05, 0.1) is 6.61 Å². The first-order chi connectivity index (χ1) is 8.81. The molecule has 0 spiro atoms. The van der Waals surface area contributed by atoms with Gasteiger partial charge < -0.3 is 14.8 Å². The van der Waals surface area contributed by atoms with Gasteiger partial charge in [0.1, 0.15) is 11.9 Å². The topological polar surface area (TPSA) is 30.5 Å². The first-order valence-corrected chi connectivity index (χ1v) is 6.88. The van der Waals surface area contributed by atoms with Crippen LogP contribution in [0.1, 0.15) is 38.3 Å². The average molecular weight is 249 g/mol. The predicted octanol–water partition coefficient (Wildman–Crippen LogP) is 2.91. The summed E-state index contributed by atoms with van der Waals surface area (Å²) in [7, 11) is 0. The smallest absolute Gasteiger partial charge is 0.124 e. The van der Waals surface area contributed by atoms with Crippen molar-refractivity contribution in [2.45, 2.75) is 38.8 Å². The summed E-state index contributed by atoms with van der Waals surface area (Å²) in [5, 5.41) is 3.43. The Balaban J connectivity index is 2.06. The fraction of sp³-hybridized carbons (Fsp3) is 0.600. The Morgan fingerprint density at radius 3 is 3.00 bits per heavy atom. The molecule has 0 aromatic heterocycles. The van der Waals surface area contributed by atoms with Gasteiger partial charge in [0.2, 0.25) is 0 Å². The van der Waals surface area contributed by atoms with Crippen LogP contribution in [0.3, 0.4) is 0 Å². The molecule has 100 valence electrons. The van der Waals surface area contributed by atoms with Gasteiger partial charge in [-0.15, -0.1) is 0 Å². The van der Waals surface area contributed by atoms with E-state index in [0.29, 0.717) is 12.6 Å². The van der Waals surface area contributed by atoms with E-state index in [9.17, 15) is 0 Å². The lowest BCUT2D eigenvalue weighted by Gasteiger charge is -2.25. The Morgan fingerprint density at radius 1 is 1.44 bits per heavy atom. The fourth-order valence-corrected chi connectivity index (χ4v) is 2.35. The zero-order valence-corrected chi connectivity index (χ0v) is 11.3. The molecule has 2 unspecified atom stereocenters. The number of hydrogen-bond acceptors (Lipinski definition) is 3. The molecule has 0 aliphatic carbocycles. The van der Waals surface area contributed by atoms with Crippen LogP contribution in [0.5, 0.6) is 5.75 Å². The van der Waals surface area contributed by atoms with Gasteiger partial charge in [0.15, 0.2) is 0 Å². The van der Waals surface area contributed by atoms with Gasteiger partial charge >= 0.3 is 0 Å². The van der Waals surface area contributed by atoms with Crippen LogP contribution >= 0.6 is 0 Å². The Kier molecular flexibility index (Phi) is 5.02. The third-order valence-electron chi connectivity index (χ3n) is 3.31. The van der Waals surface area contributed by atoms with E-state index in [0.717, 1.165) is 31.7 Å². The lowest BCUT2D eigenvalue weighted by atomic mass is 10.1. The van der Waals surface area contributed by atoms with Crippen molar-refractivity contribution in [3.05, 3.63) is 29.8 Å². The van der Waals surface area contributed by atoms with Crippen LogP contribution in [-0.2, 0) is 4.74 Å². The summed E-state index contributed by atoms with van der Waals surface area (Å²) in [4.78, 5) is 0. The third kappa shape index (κ3) is 3.47. The van der Waals surface area contributed by atoms with Crippen LogP contribution in [0.4, 0.5) is 0 Å². The number of rotatable bonds is 5. The quantitative estimate of drug-likeness (QED) is 0.870. The molecule has 0 bridgehead atoms. The van der Waals surface area contributed by atoms with Crippen LogP contribution in [0.15, 0.2) is 24.3 Å². The van der Waals surface area contributed by atoms with Gasteiger partial charge in [-0.05, 0) is 32.4 Å². The molecule has 1 heterocycles. The Morgan fingerprint density at radius 2 is 2.28 bits per heavy atom. The second kappa shape index (κ2) is 6.76.